The third-order valence-electron chi connectivity index (χ3n) is 4.43. The van der Waals surface area contributed by atoms with E-state index in [1.807, 2.05) is 18.2 Å². The smallest absolute Gasteiger partial charge is 0.337 e. The number of nitrogens with one attached hydrogen (secondary N) is 1. The Labute approximate surface area is 168 Å². The quantitative estimate of drug-likeness (QED) is 0.617. The fraction of sp³-hybridized carbons (Fsp3) is 0.286. The molecule has 0 unspecified atom stereocenters. The van der Waals surface area contributed by atoms with Crippen LogP contribution in [0.15, 0.2) is 59.9 Å². The summed E-state index contributed by atoms with van der Waals surface area (Å²) in [4.78, 5) is 30.2. The molecule has 1 amide bonds. The largest absolute Gasteiger partial charge is 0.493 e. The molecule has 1 aliphatic heterocycles. The third-order valence-corrected chi connectivity index (χ3v) is 4.43. The average molecular weight is 397 g/mol. The van der Waals surface area contributed by atoms with Gasteiger partial charge in [-0.25, -0.2) is 4.79 Å². The van der Waals surface area contributed by atoms with E-state index in [2.05, 4.69) is 10.3 Å². The number of rotatable bonds is 9. The standard InChI is InChI=1S/C21H23N3O5/c1-28-21(27)18-14-24(11-12-25)20(26)19(18)23-16-5-7-17(8-6-16)29-13-9-15-4-2-3-10-22-15/h2-8,10,23,25H,9,11-14H2,1H3. The van der Waals surface area contributed by atoms with Gasteiger partial charge in [0.15, 0.2) is 0 Å². The van der Waals surface area contributed by atoms with Crippen molar-refractivity contribution < 1.29 is 24.2 Å². The molecule has 152 valence electrons. The van der Waals surface area contributed by atoms with Crippen molar-refractivity contribution >= 4 is 17.6 Å². The molecule has 8 heteroatoms. The minimum Gasteiger partial charge on any atom is -0.493 e. The van der Waals surface area contributed by atoms with Gasteiger partial charge in [0.1, 0.15) is 11.4 Å². The van der Waals surface area contributed by atoms with Crippen LogP contribution in [0.4, 0.5) is 5.69 Å². The highest BCUT2D eigenvalue weighted by atomic mass is 16.5. The molecule has 0 aliphatic carbocycles. The predicted molar refractivity (Wildman–Crippen MR) is 106 cm³/mol. The second kappa shape index (κ2) is 9.70. The molecular formula is C21H23N3O5. The van der Waals surface area contributed by atoms with E-state index in [1.54, 1.807) is 30.5 Å². The summed E-state index contributed by atoms with van der Waals surface area (Å²) in [6.45, 7) is 0.560. The molecule has 2 heterocycles. The Hall–Kier alpha value is -3.39. The molecule has 0 saturated carbocycles. The molecule has 0 bridgehead atoms. The molecule has 2 N–H and O–H groups in total. The van der Waals surface area contributed by atoms with Gasteiger partial charge in [-0.05, 0) is 36.4 Å². The van der Waals surface area contributed by atoms with Crippen LogP contribution in [0.5, 0.6) is 5.75 Å². The number of aromatic nitrogens is 1. The normalized spacial score (nSPS) is 13.6. The summed E-state index contributed by atoms with van der Waals surface area (Å²) in [5.74, 6) is -0.237. The number of methoxy groups -OCH3 is 1. The van der Waals surface area contributed by atoms with Crippen LogP contribution in [-0.2, 0) is 20.7 Å². The van der Waals surface area contributed by atoms with Gasteiger partial charge in [-0.3, -0.25) is 9.78 Å². The van der Waals surface area contributed by atoms with Crippen molar-refractivity contribution in [1.29, 1.82) is 0 Å². The lowest BCUT2D eigenvalue weighted by Gasteiger charge is -2.15. The van der Waals surface area contributed by atoms with Crippen molar-refractivity contribution in [3.8, 4) is 5.75 Å². The molecule has 0 fully saturated rings. The Morgan fingerprint density at radius 2 is 2.03 bits per heavy atom. The highest BCUT2D eigenvalue weighted by Crippen LogP contribution is 2.24. The van der Waals surface area contributed by atoms with Crippen molar-refractivity contribution in [1.82, 2.24) is 9.88 Å². The molecule has 29 heavy (non-hydrogen) atoms. The zero-order valence-electron chi connectivity index (χ0n) is 16.1. The first-order valence-electron chi connectivity index (χ1n) is 9.23. The van der Waals surface area contributed by atoms with Crippen LogP contribution in [0.3, 0.4) is 0 Å². The molecule has 8 nitrogen and oxygen atoms in total. The molecule has 0 atom stereocenters. The van der Waals surface area contributed by atoms with Crippen molar-refractivity contribution in [2.24, 2.45) is 0 Å². The van der Waals surface area contributed by atoms with Gasteiger partial charge in [-0.2, -0.15) is 0 Å². The van der Waals surface area contributed by atoms with Gasteiger partial charge >= 0.3 is 5.97 Å². The first-order valence-corrected chi connectivity index (χ1v) is 9.23. The van der Waals surface area contributed by atoms with Crippen molar-refractivity contribution in [2.45, 2.75) is 6.42 Å². The van der Waals surface area contributed by atoms with E-state index in [0.29, 0.717) is 24.5 Å². The summed E-state index contributed by atoms with van der Waals surface area (Å²) in [6, 6.07) is 12.8. The summed E-state index contributed by atoms with van der Waals surface area (Å²) in [5, 5.41) is 12.1. The number of β-amino-alcohol motifs (C(OH)–C–C–N with tert-alkyl or cyclic N) is 1. The van der Waals surface area contributed by atoms with Crippen LogP contribution in [-0.4, -0.2) is 60.3 Å². The van der Waals surface area contributed by atoms with Gasteiger partial charge in [0.2, 0.25) is 0 Å². The molecule has 0 saturated heterocycles. The maximum Gasteiger partial charge on any atom is 0.337 e. The van der Waals surface area contributed by atoms with Crippen molar-refractivity contribution in [2.75, 3.05) is 38.7 Å². The van der Waals surface area contributed by atoms with Crippen LogP contribution >= 0.6 is 0 Å². The number of carbonyl (C=O) groups is 2. The monoisotopic (exact) mass is 397 g/mol. The number of amides is 1. The van der Waals surface area contributed by atoms with Crippen LogP contribution in [0.2, 0.25) is 0 Å². The first-order chi connectivity index (χ1) is 14.1. The number of nitrogens with zero attached hydrogens (tertiary/aromatic N) is 2. The summed E-state index contributed by atoms with van der Waals surface area (Å²) in [7, 11) is 1.27. The minimum absolute atomic E-state index is 0.100. The molecule has 1 aromatic carbocycles. The number of ether oxygens (including phenoxy) is 2. The lowest BCUT2D eigenvalue weighted by atomic mass is 10.2. The van der Waals surface area contributed by atoms with Crippen LogP contribution in [0.1, 0.15) is 5.69 Å². The number of anilines is 1. The Morgan fingerprint density at radius 1 is 1.24 bits per heavy atom. The zero-order chi connectivity index (χ0) is 20.6. The lowest BCUT2D eigenvalue weighted by molar-refractivity contribution is -0.136. The zero-order valence-corrected chi connectivity index (χ0v) is 16.1. The van der Waals surface area contributed by atoms with Crippen molar-refractivity contribution in [3.05, 3.63) is 65.6 Å². The number of hydrogen-bond donors (Lipinski definition) is 2. The van der Waals surface area contributed by atoms with Gasteiger partial charge in [0, 0.05) is 30.5 Å². The molecule has 1 aliphatic rings. The van der Waals surface area contributed by atoms with Crippen LogP contribution in [0.25, 0.3) is 0 Å². The molecular weight excluding hydrogens is 374 g/mol. The number of hydrogen-bond acceptors (Lipinski definition) is 7. The predicted octanol–water partition coefficient (Wildman–Crippen LogP) is 1.38. The maximum absolute atomic E-state index is 12.5. The van der Waals surface area contributed by atoms with E-state index >= 15 is 0 Å². The van der Waals surface area contributed by atoms with E-state index in [4.69, 9.17) is 14.6 Å². The summed E-state index contributed by atoms with van der Waals surface area (Å²) >= 11 is 0. The topological polar surface area (TPSA) is 101 Å². The van der Waals surface area contributed by atoms with Crippen LogP contribution < -0.4 is 10.1 Å². The lowest BCUT2D eigenvalue weighted by Crippen LogP contribution is -2.31. The fourth-order valence-electron chi connectivity index (χ4n) is 2.95. The fourth-order valence-corrected chi connectivity index (χ4v) is 2.95. The van der Waals surface area contributed by atoms with Crippen molar-refractivity contribution in [3.63, 3.8) is 0 Å². The second-order valence-corrected chi connectivity index (χ2v) is 6.36. The number of pyridine rings is 1. The number of carbonyl (C=O) groups excluding carboxylic acids is 2. The second-order valence-electron chi connectivity index (χ2n) is 6.36. The number of benzene rings is 1. The third kappa shape index (κ3) is 5.11. The molecule has 0 spiro atoms. The summed E-state index contributed by atoms with van der Waals surface area (Å²) in [6.07, 6.45) is 2.45. The highest BCUT2D eigenvalue weighted by Gasteiger charge is 2.34. The SMILES string of the molecule is COC(=O)C1=C(Nc2ccc(OCCc3ccccn3)cc2)C(=O)N(CCO)C1. The Bertz CT molecular complexity index is 881. The van der Waals surface area contributed by atoms with Crippen LogP contribution in [0, 0.1) is 0 Å². The highest BCUT2D eigenvalue weighted by molar-refractivity contribution is 6.08. The summed E-state index contributed by atoms with van der Waals surface area (Å²) in [5.41, 5.74) is 1.99. The van der Waals surface area contributed by atoms with E-state index < -0.39 is 5.97 Å². The molecule has 1 aromatic heterocycles. The Balaban J connectivity index is 1.63. The molecule has 3 rings (SSSR count). The first kappa shape index (κ1) is 20.3. The maximum atomic E-state index is 12.5. The number of aliphatic hydroxyl groups excluding tert-OH is 1. The Morgan fingerprint density at radius 3 is 2.69 bits per heavy atom. The number of aliphatic hydroxyl groups is 1. The van der Waals surface area contributed by atoms with E-state index in [1.165, 1.54) is 12.0 Å². The van der Waals surface area contributed by atoms with Gasteiger partial charge in [0.25, 0.3) is 5.91 Å². The van der Waals surface area contributed by atoms with Gasteiger partial charge in [-0.15, -0.1) is 0 Å². The molecule has 0 radical (unpaired) electrons. The molecule has 2 aromatic rings. The Kier molecular flexibility index (Phi) is 6.80. The minimum atomic E-state index is -0.573. The number of esters is 1. The van der Waals surface area contributed by atoms with Gasteiger partial charge in [-0.1, -0.05) is 6.07 Å². The van der Waals surface area contributed by atoms with E-state index in [-0.39, 0.29) is 36.9 Å². The van der Waals surface area contributed by atoms with E-state index in [9.17, 15) is 9.59 Å². The average Bonchev–Trinajstić information content (AvgIpc) is 3.05. The van der Waals surface area contributed by atoms with Gasteiger partial charge in [0.05, 0.1) is 32.4 Å². The van der Waals surface area contributed by atoms with E-state index in [0.717, 1.165) is 5.69 Å². The summed E-state index contributed by atoms with van der Waals surface area (Å²) < 4.78 is 10.5. The van der Waals surface area contributed by atoms with Gasteiger partial charge < -0.3 is 24.8 Å².